The van der Waals surface area contributed by atoms with Gasteiger partial charge in [0.25, 0.3) is 0 Å². The van der Waals surface area contributed by atoms with Crippen molar-refractivity contribution >= 4 is 21.8 Å². The van der Waals surface area contributed by atoms with Gasteiger partial charge in [0.15, 0.2) is 0 Å². The van der Waals surface area contributed by atoms with Gasteiger partial charge in [0.1, 0.15) is 17.5 Å². The minimum Gasteiger partial charge on any atom is -0.212 e. The summed E-state index contributed by atoms with van der Waals surface area (Å²) in [7, 11) is -3.69. The average molecular weight is 401 g/mol. The number of rotatable bonds is 4. The molecule has 1 aliphatic rings. The highest BCUT2D eigenvalue weighted by Crippen LogP contribution is 2.36. The molecule has 1 heterocycles. The summed E-state index contributed by atoms with van der Waals surface area (Å²) in [6.45, 7) is 0.444. The van der Waals surface area contributed by atoms with Crippen LogP contribution in [0.15, 0.2) is 42.5 Å². The summed E-state index contributed by atoms with van der Waals surface area (Å²) in [6, 6.07) is 9.09. The van der Waals surface area contributed by atoms with Crippen molar-refractivity contribution in [2.45, 2.75) is 17.4 Å². The molecule has 0 saturated carbocycles. The molecule has 1 atom stereocenters. The lowest BCUT2D eigenvalue weighted by atomic mass is 10.1. The van der Waals surface area contributed by atoms with Gasteiger partial charge in [-0.2, -0.15) is 11.8 Å². The lowest BCUT2D eigenvalue weighted by Crippen LogP contribution is -2.34. The van der Waals surface area contributed by atoms with Crippen molar-refractivity contribution in [1.29, 1.82) is 0 Å². The Bertz CT molecular complexity index is 890. The molecule has 0 aromatic heterocycles. The Morgan fingerprint density at radius 3 is 2.58 bits per heavy atom. The quantitative estimate of drug-likeness (QED) is 0.774. The molecular weight excluding hydrogens is 383 g/mol. The summed E-state index contributed by atoms with van der Waals surface area (Å²) in [6.07, 6.45) is 0.363. The molecule has 1 unspecified atom stereocenters. The number of thioether (sulfide) groups is 1. The van der Waals surface area contributed by atoms with E-state index in [1.54, 1.807) is 6.07 Å². The molecule has 1 fully saturated rings. The highest BCUT2D eigenvalue weighted by Gasteiger charge is 2.29. The van der Waals surface area contributed by atoms with Gasteiger partial charge in [-0.15, -0.1) is 0 Å². The molecule has 140 valence electrons. The number of hydrogen-bond donors (Lipinski definition) is 0. The molecule has 0 bridgehead atoms. The van der Waals surface area contributed by atoms with Crippen molar-refractivity contribution in [1.82, 2.24) is 4.31 Å². The van der Waals surface area contributed by atoms with E-state index in [9.17, 15) is 21.6 Å². The van der Waals surface area contributed by atoms with Gasteiger partial charge in [-0.3, -0.25) is 0 Å². The first-order chi connectivity index (χ1) is 12.4. The van der Waals surface area contributed by atoms with E-state index in [2.05, 4.69) is 0 Å². The summed E-state index contributed by atoms with van der Waals surface area (Å²) in [5.74, 6) is -1.53. The Hall–Kier alpha value is -1.51. The molecule has 3 rings (SSSR count). The van der Waals surface area contributed by atoms with E-state index in [4.69, 9.17) is 0 Å². The smallest absolute Gasteiger partial charge is 0.212 e. The third kappa shape index (κ3) is 4.42. The Kier molecular flexibility index (Phi) is 5.94. The van der Waals surface area contributed by atoms with Gasteiger partial charge in [0, 0.05) is 35.2 Å². The van der Waals surface area contributed by atoms with E-state index in [1.807, 2.05) is 0 Å². The maximum atomic E-state index is 14.0. The van der Waals surface area contributed by atoms with Crippen LogP contribution in [0.25, 0.3) is 0 Å². The fourth-order valence-corrected chi connectivity index (χ4v) is 5.86. The normalized spacial score (nSPS) is 19.3. The Balaban J connectivity index is 1.73. The topological polar surface area (TPSA) is 37.4 Å². The lowest BCUT2D eigenvalue weighted by Gasteiger charge is -2.20. The number of halogens is 3. The van der Waals surface area contributed by atoms with Gasteiger partial charge in [0.05, 0.1) is 5.75 Å². The van der Waals surface area contributed by atoms with Crippen LogP contribution in [0.5, 0.6) is 0 Å². The van der Waals surface area contributed by atoms with E-state index < -0.39 is 33.2 Å². The number of nitrogens with zero attached hydrogens (tertiary/aromatic N) is 1. The third-order valence-corrected chi connectivity index (χ3v) is 7.43. The second kappa shape index (κ2) is 8.02. The number of hydrogen-bond acceptors (Lipinski definition) is 3. The van der Waals surface area contributed by atoms with E-state index in [0.717, 1.165) is 18.2 Å². The van der Waals surface area contributed by atoms with Crippen LogP contribution in [0.4, 0.5) is 13.2 Å². The molecule has 2 aromatic carbocycles. The molecule has 0 amide bonds. The van der Waals surface area contributed by atoms with Gasteiger partial charge < -0.3 is 0 Å². The van der Waals surface area contributed by atoms with Gasteiger partial charge in [0.2, 0.25) is 10.0 Å². The van der Waals surface area contributed by atoms with E-state index >= 15 is 0 Å². The predicted octanol–water partition coefficient (Wildman–Crippen LogP) is 4.11. The summed E-state index contributed by atoms with van der Waals surface area (Å²) in [5.41, 5.74) is 0.375. The molecule has 1 saturated heterocycles. The van der Waals surface area contributed by atoms with Crippen molar-refractivity contribution < 1.29 is 21.6 Å². The molecule has 2 aromatic rings. The largest absolute Gasteiger partial charge is 0.218 e. The van der Waals surface area contributed by atoms with E-state index in [0.29, 0.717) is 12.2 Å². The molecule has 0 N–H and O–H groups in total. The van der Waals surface area contributed by atoms with Crippen LogP contribution in [0.2, 0.25) is 0 Å². The van der Waals surface area contributed by atoms with Crippen molar-refractivity contribution in [3.63, 3.8) is 0 Å². The summed E-state index contributed by atoms with van der Waals surface area (Å²) in [5, 5.41) is -0.320. The first kappa shape index (κ1) is 19.3. The zero-order chi connectivity index (χ0) is 18.7. The highest BCUT2D eigenvalue weighted by atomic mass is 32.2. The monoisotopic (exact) mass is 401 g/mol. The van der Waals surface area contributed by atoms with Crippen molar-refractivity contribution in [3.05, 3.63) is 71.0 Å². The molecule has 1 aliphatic heterocycles. The predicted molar refractivity (Wildman–Crippen MR) is 96.8 cm³/mol. The van der Waals surface area contributed by atoms with E-state index in [1.165, 1.54) is 34.3 Å². The molecular formula is C18H18F3NO2S2. The molecule has 0 radical (unpaired) electrons. The highest BCUT2D eigenvalue weighted by molar-refractivity contribution is 7.99. The molecule has 0 aliphatic carbocycles. The van der Waals surface area contributed by atoms with Gasteiger partial charge >= 0.3 is 0 Å². The van der Waals surface area contributed by atoms with Crippen LogP contribution in [-0.2, 0) is 15.8 Å². The second-order valence-corrected chi connectivity index (χ2v) is 9.34. The van der Waals surface area contributed by atoms with Crippen LogP contribution < -0.4 is 0 Å². The minimum atomic E-state index is -3.69. The van der Waals surface area contributed by atoms with Gasteiger partial charge in [-0.25, -0.2) is 25.9 Å². The Morgan fingerprint density at radius 1 is 1.04 bits per heavy atom. The first-order valence-corrected chi connectivity index (χ1v) is 10.8. The van der Waals surface area contributed by atoms with Crippen LogP contribution in [0.3, 0.4) is 0 Å². The van der Waals surface area contributed by atoms with E-state index in [-0.39, 0.29) is 29.5 Å². The van der Waals surface area contributed by atoms with Crippen LogP contribution in [-0.4, -0.2) is 31.6 Å². The number of benzene rings is 2. The zero-order valence-electron chi connectivity index (χ0n) is 13.9. The summed E-state index contributed by atoms with van der Waals surface area (Å²) < 4.78 is 67.8. The maximum Gasteiger partial charge on any atom is 0.218 e. The molecule has 26 heavy (non-hydrogen) atoms. The van der Waals surface area contributed by atoms with Crippen molar-refractivity contribution in [3.8, 4) is 0 Å². The molecule has 0 spiro atoms. The second-order valence-electron chi connectivity index (χ2n) is 6.06. The SMILES string of the molecule is O=S(=O)(Cc1ccccc1F)N1CCSC(c2cc(F)ccc2F)CC1. The van der Waals surface area contributed by atoms with Crippen LogP contribution in [0.1, 0.15) is 22.8 Å². The fraction of sp³-hybridized carbons (Fsp3) is 0.333. The molecule has 8 heteroatoms. The fourth-order valence-electron chi connectivity index (χ4n) is 2.94. The zero-order valence-corrected chi connectivity index (χ0v) is 15.5. The van der Waals surface area contributed by atoms with Crippen molar-refractivity contribution in [2.24, 2.45) is 0 Å². The molecule has 3 nitrogen and oxygen atoms in total. The van der Waals surface area contributed by atoms with Crippen LogP contribution >= 0.6 is 11.8 Å². The maximum absolute atomic E-state index is 14.0. The summed E-state index contributed by atoms with van der Waals surface area (Å²) in [4.78, 5) is 0. The Morgan fingerprint density at radius 2 is 1.81 bits per heavy atom. The van der Waals surface area contributed by atoms with Gasteiger partial charge in [-0.05, 0) is 30.7 Å². The van der Waals surface area contributed by atoms with Gasteiger partial charge in [-0.1, -0.05) is 18.2 Å². The lowest BCUT2D eigenvalue weighted by molar-refractivity contribution is 0.425. The number of sulfonamides is 1. The Labute approximate surface area is 155 Å². The average Bonchev–Trinajstić information content (AvgIpc) is 2.86. The van der Waals surface area contributed by atoms with Crippen molar-refractivity contribution in [2.75, 3.05) is 18.8 Å². The van der Waals surface area contributed by atoms with Crippen LogP contribution in [0, 0.1) is 17.5 Å². The summed E-state index contributed by atoms with van der Waals surface area (Å²) >= 11 is 1.40. The minimum absolute atomic E-state index is 0.122. The standard InChI is InChI=1S/C18H18F3NO2S2/c19-14-5-6-17(21)15(11-14)18-7-8-22(9-10-25-18)26(23,24)12-13-3-1-2-4-16(13)20/h1-6,11,18H,7-10,12H2. The first-order valence-electron chi connectivity index (χ1n) is 8.14. The third-order valence-electron chi connectivity index (χ3n) is 4.29.